The molecule has 2 nitrogen and oxygen atoms in total. The van der Waals surface area contributed by atoms with Gasteiger partial charge < -0.3 is 10.2 Å². The van der Waals surface area contributed by atoms with E-state index in [4.69, 9.17) is 0 Å². The van der Waals surface area contributed by atoms with E-state index in [9.17, 15) is 10.2 Å². The summed E-state index contributed by atoms with van der Waals surface area (Å²) in [5.74, 6) is 2.86. The Morgan fingerprint density at radius 1 is 1.30 bits per heavy atom. The monoisotopic (exact) mass is 312 g/mol. The fraction of sp³-hybridized carbons (Fsp3) is 0.619. The molecule has 1 aromatic carbocycles. The smallest absolute Gasteiger partial charge is 0.115 e. The number of allylic oxidation sites excluding steroid dienone is 1. The number of hydrogen-bond donors (Lipinski definition) is 2. The Kier molecular flexibility index (Phi) is 3.57. The third-order valence-electron chi connectivity index (χ3n) is 7.30. The Hall–Kier alpha value is -1.28. The van der Waals surface area contributed by atoms with Gasteiger partial charge in [-0.3, -0.25) is 0 Å². The van der Waals surface area contributed by atoms with Gasteiger partial charge in [-0.1, -0.05) is 19.1 Å². The summed E-state index contributed by atoms with van der Waals surface area (Å²) in [6, 6.07) is 5.97. The number of rotatable bonds is 2. The van der Waals surface area contributed by atoms with Crippen molar-refractivity contribution in [1.29, 1.82) is 0 Å². The molecule has 0 bridgehead atoms. The van der Waals surface area contributed by atoms with Gasteiger partial charge in [0.15, 0.2) is 0 Å². The number of fused-ring (bicyclic) bond motifs is 5. The molecule has 2 heteroatoms. The molecule has 4 rings (SSSR count). The van der Waals surface area contributed by atoms with Crippen LogP contribution in [0, 0.1) is 23.2 Å². The first kappa shape index (κ1) is 15.3. The summed E-state index contributed by atoms with van der Waals surface area (Å²) in [4.78, 5) is 0. The van der Waals surface area contributed by atoms with Crippen molar-refractivity contribution in [3.05, 3.63) is 42.0 Å². The van der Waals surface area contributed by atoms with Crippen molar-refractivity contribution < 1.29 is 10.2 Å². The van der Waals surface area contributed by atoms with Gasteiger partial charge in [-0.05, 0) is 90.9 Å². The van der Waals surface area contributed by atoms with Crippen molar-refractivity contribution in [3.8, 4) is 5.75 Å². The van der Waals surface area contributed by atoms with Crippen molar-refractivity contribution in [2.75, 3.05) is 0 Å². The lowest BCUT2D eigenvalue weighted by atomic mass is 9.52. The lowest BCUT2D eigenvalue weighted by molar-refractivity contribution is -0.0377. The van der Waals surface area contributed by atoms with Gasteiger partial charge in [0.25, 0.3) is 0 Å². The Labute approximate surface area is 139 Å². The second-order valence-corrected chi connectivity index (χ2v) is 8.30. The minimum absolute atomic E-state index is 0.106. The summed E-state index contributed by atoms with van der Waals surface area (Å²) >= 11 is 0. The molecule has 0 heterocycles. The average molecular weight is 312 g/mol. The zero-order chi connectivity index (χ0) is 16.2. The number of aromatic hydroxyl groups is 1. The van der Waals surface area contributed by atoms with E-state index in [0.717, 1.165) is 25.7 Å². The molecule has 2 N–H and O–H groups in total. The van der Waals surface area contributed by atoms with E-state index in [1.807, 2.05) is 12.1 Å². The lowest BCUT2D eigenvalue weighted by Crippen LogP contribution is -2.47. The summed E-state index contributed by atoms with van der Waals surface area (Å²) in [5.41, 5.74) is 2.89. The number of benzene rings is 1. The Morgan fingerprint density at radius 2 is 2.13 bits per heavy atom. The molecule has 2 saturated carbocycles. The van der Waals surface area contributed by atoms with Gasteiger partial charge in [0.1, 0.15) is 5.75 Å². The molecule has 0 amide bonds. The highest BCUT2D eigenvalue weighted by atomic mass is 16.3. The minimum atomic E-state index is -0.126. The maximum Gasteiger partial charge on any atom is 0.115 e. The number of aliphatic hydroxyl groups is 1. The molecule has 3 aliphatic rings. The van der Waals surface area contributed by atoms with E-state index >= 15 is 0 Å². The van der Waals surface area contributed by atoms with Crippen LogP contribution in [0.25, 0.3) is 0 Å². The van der Waals surface area contributed by atoms with Crippen LogP contribution in [0.3, 0.4) is 0 Å². The maximum atomic E-state index is 10.6. The van der Waals surface area contributed by atoms with Crippen LogP contribution in [0.5, 0.6) is 5.75 Å². The highest BCUT2D eigenvalue weighted by Gasteiger charge is 2.56. The molecular formula is C21H28O2. The van der Waals surface area contributed by atoms with E-state index in [-0.39, 0.29) is 11.5 Å². The van der Waals surface area contributed by atoms with Gasteiger partial charge in [0, 0.05) is 0 Å². The molecule has 0 aliphatic heterocycles. The normalized spacial score (nSPS) is 41.7. The average Bonchev–Trinajstić information content (AvgIpc) is 2.83. The van der Waals surface area contributed by atoms with Gasteiger partial charge >= 0.3 is 0 Å². The Bertz CT molecular complexity index is 622. The van der Waals surface area contributed by atoms with Crippen LogP contribution in [0.15, 0.2) is 30.9 Å². The fourth-order valence-electron chi connectivity index (χ4n) is 6.19. The van der Waals surface area contributed by atoms with Crippen molar-refractivity contribution in [2.45, 2.75) is 57.5 Å². The standard InChI is InChI=1S/C21H28O2/c1-3-4-13-11-14-12-15(22)5-6-16(14)17-9-10-21(2)18(20(13)17)7-8-19(21)23/h3,5-6,12-13,17-20,22-23H,1,4,7-11H2,2H3/t13-,17?,18?,19+,20?,21+/m1/s1. The summed E-state index contributed by atoms with van der Waals surface area (Å²) in [6.45, 7) is 6.31. The number of aliphatic hydroxyl groups excluding tert-OH is 1. The molecule has 0 aromatic heterocycles. The van der Waals surface area contributed by atoms with Crippen LogP contribution in [-0.2, 0) is 6.42 Å². The predicted octanol–water partition coefficient (Wildman–Crippen LogP) is 4.41. The summed E-state index contributed by atoms with van der Waals surface area (Å²) in [5, 5.41) is 20.4. The maximum absolute atomic E-state index is 10.6. The number of phenolic OH excluding ortho intramolecular Hbond substituents is 1. The predicted molar refractivity (Wildman–Crippen MR) is 92.4 cm³/mol. The third-order valence-corrected chi connectivity index (χ3v) is 7.30. The van der Waals surface area contributed by atoms with E-state index in [0.29, 0.717) is 29.4 Å². The summed E-state index contributed by atoms with van der Waals surface area (Å²) in [6.07, 6.45) is 8.44. The molecule has 0 saturated heterocycles. The first-order valence-corrected chi connectivity index (χ1v) is 9.15. The minimum Gasteiger partial charge on any atom is -0.508 e. The van der Waals surface area contributed by atoms with E-state index in [1.165, 1.54) is 24.0 Å². The van der Waals surface area contributed by atoms with Crippen LogP contribution < -0.4 is 0 Å². The second kappa shape index (κ2) is 5.37. The molecule has 3 aliphatic carbocycles. The summed E-state index contributed by atoms with van der Waals surface area (Å²) < 4.78 is 0. The van der Waals surface area contributed by atoms with Gasteiger partial charge in [-0.25, -0.2) is 0 Å². The first-order chi connectivity index (χ1) is 11.0. The molecular weight excluding hydrogens is 284 g/mol. The first-order valence-electron chi connectivity index (χ1n) is 9.15. The molecule has 2 fully saturated rings. The molecule has 124 valence electrons. The second-order valence-electron chi connectivity index (χ2n) is 8.30. The molecule has 3 unspecified atom stereocenters. The Morgan fingerprint density at radius 3 is 2.91 bits per heavy atom. The zero-order valence-electron chi connectivity index (χ0n) is 14.0. The number of hydrogen-bond acceptors (Lipinski definition) is 2. The van der Waals surface area contributed by atoms with Crippen molar-refractivity contribution in [1.82, 2.24) is 0 Å². The van der Waals surface area contributed by atoms with Crippen molar-refractivity contribution in [3.63, 3.8) is 0 Å². The zero-order valence-corrected chi connectivity index (χ0v) is 14.0. The quantitative estimate of drug-likeness (QED) is 0.794. The topological polar surface area (TPSA) is 40.5 Å². The molecule has 1 aromatic rings. The molecule has 23 heavy (non-hydrogen) atoms. The molecule has 0 spiro atoms. The third kappa shape index (κ3) is 2.18. The summed E-state index contributed by atoms with van der Waals surface area (Å²) in [7, 11) is 0. The van der Waals surface area contributed by atoms with E-state index in [2.05, 4.69) is 25.6 Å². The SMILES string of the molecule is C=CC[C@@H]1Cc2cc(O)ccc2C2CC[C@@]3(C)C(CC[C@@H]3O)C21. The lowest BCUT2D eigenvalue weighted by Gasteiger charge is -2.53. The van der Waals surface area contributed by atoms with Crippen LogP contribution in [0.2, 0.25) is 0 Å². The van der Waals surface area contributed by atoms with Gasteiger partial charge in [0.05, 0.1) is 6.10 Å². The molecule has 6 atom stereocenters. The number of phenols is 1. The van der Waals surface area contributed by atoms with E-state index < -0.39 is 0 Å². The van der Waals surface area contributed by atoms with Crippen LogP contribution >= 0.6 is 0 Å². The van der Waals surface area contributed by atoms with Gasteiger partial charge in [-0.2, -0.15) is 0 Å². The molecule has 0 radical (unpaired) electrons. The van der Waals surface area contributed by atoms with Gasteiger partial charge in [-0.15, -0.1) is 6.58 Å². The Balaban J connectivity index is 1.77. The highest BCUT2D eigenvalue weighted by molar-refractivity contribution is 5.40. The van der Waals surface area contributed by atoms with Gasteiger partial charge in [0.2, 0.25) is 0 Å². The van der Waals surface area contributed by atoms with Crippen molar-refractivity contribution >= 4 is 0 Å². The largest absolute Gasteiger partial charge is 0.508 e. The van der Waals surface area contributed by atoms with E-state index in [1.54, 1.807) is 0 Å². The van der Waals surface area contributed by atoms with Crippen molar-refractivity contribution in [2.24, 2.45) is 23.2 Å². The fourth-order valence-corrected chi connectivity index (χ4v) is 6.19. The van der Waals surface area contributed by atoms with Crippen LogP contribution in [0.4, 0.5) is 0 Å². The van der Waals surface area contributed by atoms with Crippen LogP contribution in [-0.4, -0.2) is 16.3 Å². The van der Waals surface area contributed by atoms with Crippen LogP contribution in [0.1, 0.15) is 56.1 Å². The highest BCUT2D eigenvalue weighted by Crippen LogP contribution is 2.62.